The fourth-order valence-electron chi connectivity index (χ4n) is 1.78. The maximum atomic E-state index is 11.6. The Balaban J connectivity index is 1.72. The summed E-state index contributed by atoms with van der Waals surface area (Å²) in [6.45, 7) is 1.16. The van der Waals surface area contributed by atoms with Crippen LogP contribution in [-0.4, -0.2) is 48.1 Å². The van der Waals surface area contributed by atoms with Gasteiger partial charge >= 0.3 is 5.97 Å². The fourth-order valence-corrected chi connectivity index (χ4v) is 1.78. The number of nitrogens with zero attached hydrogens (tertiary/aromatic N) is 1. The molecule has 0 aromatic heterocycles. The van der Waals surface area contributed by atoms with Crippen molar-refractivity contribution in [2.75, 3.05) is 13.2 Å². The monoisotopic (exact) mass is 242 g/mol. The van der Waals surface area contributed by atoms with Crippen LogP contribution >= 0.6 is 0 Å². The van der Waals surface area contributed by atoms with Crippen LogP contribution in [0.2, 0.25) is 0 Å². The molecule has 7 heteroatoms. The van der Waals surface area contributed by atoms with E-state index in [4.69, 9.17) is 14.7 Å². The van der Waals surface area contributed by atoms with Crippen molar-refractivity contribution < 1.29 is 24.3 Å². The largest absolute Gasteiger partial charge is 0.477 e. The standard InChI is InChI=1S/C10H14N2O5/c13-9(11-5-6-2-1-3-16-6)8-4-7(10(14)15)12-17-8/h6,8H,1-5H2,(H,11,13)(H,14,15). The Bertz CT molecular complexity index is 349. The number of carboxylic acids is 1. The van der Waals surface area contributed by atoms with Crippen molar-refractivity contribution in [1.29, 1.82) is 0 Å². The normalized spacial score (nSPS) is 27.4. The Morgan fingerprint density at radius 3 is 2.94 bits per heavy atom. The molecule has 1 saturated heterocycles. The average molecular weight is 242 g/mol. The number of hydrogen-bond acceptors (Lipinski definition) is 5. The molecule has 94 valence electrons. The van der Waals surface area contributed by atoms with Gasteiger partial charge in [0.2, 0.25) is 6.10 Å². The van der Waals surface area contributed by atoms with E-state index < -0.39 is 12.1 Å². The quantitative estimate of drug-likeness (QED) is 0.693. The lowest BCUT2D eigenvalue weighted by atomic mass is 10.1. The van der Waals surface area contributed by atoms with E-state index in [-0.39, 0.29) is 24.1 Å². The lowest BCUT2D eigenvalue weighted by Crippen LogP contribution is -2.39. The molecule has 2 N–H and O–H groups in total. The first kappa shape index (κ1) is 11.8. The zero-order valence-electron chi connectivity index (χ0n) is 9.22. The molecule has 1 amide bonds. The van der Waals surface area contributed by atoms with Crippen LogP contribution in [0.3, 0.4) is 0 Å². The smallest absolute Gasteiger partial charge is 0.353 e. The molecule has 2 heterocycles. The number of carbonyl (C=O) groups is 2. The van der Waals surface area contributed by atoms with E-state index in [0.29, 0.717) is 6.54 Å². The number of nitrogens with one attached hydrogen (secondary N) is 1. The van der Waals surface area contributed by atoms with Crippen molar-refractivity contribution in [3.63, 3.8) is 0 Å². The third kappa shape index (κ3) is 2.94. The van der Waals surface area contributed by atoms with E-state index in [0.717, 1.165) is 19.4 Å². The second-order valence-corrected chi connectivity index (χ2v) is 4.02. The summed E-state index contributed by atoms with van der Waals surface area (Å²) in [5.74, 6) is -1.50. The molecule has 0 saturated carbocycles. The van der Waals surface area contributed by atoms with Gasteiger partial charge in [0.25, 0.3) is 5.91 Å². The Labute approximate surface area is 97.8 Å². The predicted octanol–water partition coefficient (Wildman–Crippen LogP) is -0.489. The average Bonchev–Trinajstić information content (AvgIpc) is 2.96. The minimum atomic E-state index is -1.15. The van der Waals surface area contributed by atoms with Crippen LogP contribution in [0.1, 0.15) is 19.3 Å². The molecule has 0 aromatic carbocycles. The summed E-state index contributed by atoms with van der Waals surface area (Å²) in [5, 5.41) is 14.7. The molecule has 1 fully saturated rings. The number of oxime groups is 1. The molecule has 0 radical (unpaired) electrons. The third-order valence-corrected chi connectivity index (χ3v) is 2.74. The molecule has 2 unspecified atom stereocenters. The van der Waals surface area contributed by atoms with Gasteiger partial charge < -0.3 is 20.0 Å². The molecule has 17 heavy (non-hydrogen) atoms. The van der Waals surface area contributed by atoms with E-state index in [1.54, 1.807) is 0 Å². The number of amides is 1. The summed E-state index contributed by atoms with van der Waals surface area (Å²) in [6, 6.07) is 0. The lowest BCUT2D eigenvalue weighted by Gasteiger charge is -2.12. The molecule has 0 spiro atoms. The first-order chi connectivity index (χ1) is 8.16. The first-order valence-electron chi connectivity index (χ1n) is 5.52. The predicted molar refractivity (Wildman–Crippen MR) is 56.5 cm³/mol. The lowest BCUT2D eigenvalue weighted by molar-refractivity contribution is -0.131. The molecule has 2 atom stereocenters. The van der Waals surface area contributed by atoms with Crippen molar-refractivity contribution in [3.8, 4) is 0 Å². The Kier molecular flexibility index (Phi) is 3.58. The van der Waals surface area contributed by atoms with Gasteiger partial charge in [-0.05, 0) is 12.8 Å². The van der Waals surface area contributed by atoms with E-state index in [1.165, 1.54) is 0 Å². The summed E-state index contributed by atoms with van der Waals surface area (Å²) in [7, 11) is 0. The molecular formula is C10H14N2O5. The van der Waals surface area contributed by atoms with Gasteiger partial charge in [-0.2, -0.15) is 0 Å². The highest BCUT2D eigenvalue weighted by Gasteiger charge is 2.31. The van der Waals surface area contributed by atoms with Crippen LogP contribution in [0.4, 0.5) is 0 Å². The minimum Gasteiger partial charge on any atom is -0.477 e. The van der Waals surface area contributed by atoms with Gasteiger partial charge in [0.05, 0.1) is 6.10 Å². The third-order valence-electron chi connectivity index (χ3n) is 2.74. The number of ether oxygens (including phenoxy) is 1. The van der Waals surface area contributed by atoms with E-state index >= 15 is 0 Å². The second-order valence-electron chi connectivity index (χ2n) is 4.02. The number of carboxylic acid groups (broad SMARTS) is 1. The van der Waals surface area contributed by atoms with Gasteiger partial charge in [-0.25, -0.2) is 4.79 Å². The highest BCUT2D eigenvalue weighted by atomic mass is 16.6. The van der Waals surface area contributed by atoms with Crippen molar-refractivity contribution in [2.45, 2.75) is 31.5 Å². The van der Waals surface area contributed by atoms with Gasteiger partial charge in [0.15, 0.2) is 5.71 Å². The number of aliphatic carboxylic acids is 1. The van der Waals surface area contributed by atoms with Gasteiger partial charge in [-0.3, -0.25) is 4.79 Å². The van der Waals surface area contributed by atoms with E-state index in [9.17, 15) is 9.59 Å². The maximum Gasteiger partial charge on any atom is 0.353 e. The van der Waals surface area contributed by atoms with Gasteiger partial charge in [-0.15, -0.1) is 0 Å². The minimum absolute atomic E-state index is 0.00664. The van der Waals surface area contributed by atoms with Crippen molar-refractivity contribution in [3.05, 3.63) is 0 Å². The van der Waals surface area contributed by atoms with E-state index in [2.05, 4.69) is 10.5 Å². The number of hydrogen-bond donors (Lipinski definition) is 2. The summed E-state index contributed by atoms with van der Waals surface area (Å²) < 4.78 is 5.35. The topological polar surface area (TPSA) is 97.2 Å². The van der Waals surface area contributed by atoms with Crippen LogP contribution in [0.5, 0.6) is 0 Å². The van der Waals surface area contributed by atoms with Crippen molar-refractivity contribution in [2.24, 2.45) is 5.16 Å². The van der Waals surface area contributed by atoms with Crippen molar-refractivity contribution >= 4 is 17.6 Å². The molecule has 2 aliphatic heterocycles. The van der Waals surface area contributed by atoms with Crippen LogP contribution in [-0.2, 0) is 19.2 Å². The number of rotatable bonds is 4. The maximum absolute atomic E-state index is 11.6. The van der Waals surface area contributed by atoms with Crippen molar-refractivity contribution in [1.82, 2.24) is 5.32 Å². The van der Waals surface area contributed by atoms with Crippen LogP contribution in [0.25, 0.3) is 0 Å². The number of carbonyl (C=O) groups excluding carboxylic acids is 1. The van der Waals surface area contributed by atoms with Gasteiger partial charge in [0.1, 0.15) is 0 Å². The molecule has 2 rings (SSSR count). The SMILES string of the molecule is O=C(O)C1=NOC(C(=O)NCC2CCCO2)C1. The molecule has 0 bridgehead atoms. The summed E-state index contributed by atoms with van der Waals surface area (Å²) in [5.41, 5.74) is -0.123. The van der Waals surface area contributed by atoms with Crippen LogP contribution in [0, 0.1) is 0 Å². The summed E-state index contributed by atoms with van der Waals surface area (Å²) >= 11 is 0. The molecule has 7 nitrogen and oxygen atoms in total. The Morgan fingerprint density at radius 1 is 1.53 bits per heavy atom. The summed E-state index contributed by atoms with van der Waals surface area (Å²) in [4.78, 5) is 26.9. The first-order valence-corrected chi connectivity index (χ1v) is 5.52. The molecular weight excluding hydrogens is 228 g/mol. The Morgan fingerprint density at radius 2 is 2.35 bits per heavy atom. The molecule has 0 aromatic rings. The Hall–Kier alpha value is -1.63. The fraction of sp³-hybridized carbons (Fsp3) is 0.700. The highest BCUT2D eigenvalue weighted by molar-refractivity contribution is 6.36. The highest BCUT2D eigenvalue weighted by Crippen LogP contribution is 2.13. The van der Waals surface area contributed by atoms with E-state index in [1.807, 2.05) is 0 Å². The van der Waals surface area contributed by atoms with Crippen LogP contribution < -0.4 is 5.32 Å². The molecule has 0 aliphatic carbocycles. The van der Waals surface area contributed by atoms with Gasteiger partial charge in [0, 0.05) is 19.6 Å². The summed E-state index contributed by atoms with van der Waals surface area (Å²) in [6.07, 6.45) is 1.17. The van der Waals surface area contributed by atoms with Crippen LogP contribution in [0.15, 0.2) is 5.16 Å². The zero-order valence-corrected chi connectivity index (χ0v) is 9.22. The van der Waals surface area contributed by atoms with Gasteiger partial charge in [-0.1, -0.05) is 5.16 Å². The zero-order chi connectivity index (χ0) is 12.3. The molecule has 2 aliphatic rings. The second kappa shape index (κ2) is 5.13.